The number of benzene rings is 2. The summed E-state index contributed by atoms with van der Waals surface area (Å²) in [5, 5.41) is 8.91. The van der Waals surface area contributed by atoms with Gasteiger partial charge in [0.15, 0.2) is 5.70 Å². The lowest BCUT2D eigenvalue weighted by Crippen LogP contribution is -2.05. The monoisotopic (exact) mass is 304 g/mol. The molecule has 0 amide bonds. The minimum absolute atomic E-state index is 0.193. The number of ether oxygens (including phenoxy) is 2. The fourth-order valence-corrected chi connectivity index (χ4v) is 2.14. The van der Waals surface area contributed by atoms with E-state index in [-0.39, 0.29) is 11.6 Å². The second kappa shape index (κ2) is 6.16. The number of aliphatic imine (C=N–C) groups is 1. The summed E-state index contributed by atoms with van der Waals surface area (Å²) < 4.78 is 10.4. The normalized spacial score (nSPS) is 15.0. The number of hydrogen-bond acceptors (Lipinski definition) is 5. The van der Waals surface area contributed by atoms with Crippen LogP contribution in [-0.2, 0) is 9.53 Å². The highest BCUT2D eigenvalue weighted by Gasteiger charge is 2.24. The van der Waals surface area contributed by atoms with Crippen LogP contribution >= 0.6 is 0 Å². The van der Waals surface area contributed by atoms with Crippen LogP contribution in [0.1, 0.15) is 16.7 Å². The number of nitriles is 1. The third-order valence-corrected chi connectivity index (χ3v) is 3.26. The Balaban J connectivity index is 1.94. The molecule has 0 saturated carbocycles. The van der Waals surface area contributed by atoms with Crippen molar-refractivity contribution in [3.8, 4) is 11.8 Å². The summed E-state index contributed by atoms with van der Waals surface area (Å²) in [6.45, 7) is 0. The van der Waals surface area contributed by atoms with E-state index in [0.717, 1.165) is 0 Å². The summed E-state index contributed by atoms with van der Waals surface area (Å²) in [5.41, 5.74) is 2.08. The maximum absolute atomic E-state index is 12.0. The number of nitrogens with zero attached hydrogens (tertiary/aromatic N) is 2. The van der Waals surface area contributed by atoms with E-state index in [1.54, 1.807) is 61.7 Å². The molecule has 0 unspecified atom stereocenters. The van der Waals surface area contributed by atoms with Crippen LogP contribution in [0.2, 0.25) is 0 Å². The van der Waals surface area contributed by atoms with Gasteiger partial charge in [-0.15, -0.1) is 0 Å². The predicted octanol–water partition coefficient (Wildman–Crippen LogP) is 2.91. The molecule has 5 nitrogen and oxygen atoms in total. The van der Waals surface area contributed by atoms with E-state index in [9.17, 15) is 4.79 Å². The molecule has 0 atom stereocenters. The summed E-state index contributed by atoms with van der Waals surface area (Å²) in [7, 11) is 1.56. The molecule has 0 saturated heterocycles. The van der Waals surface area contributed by atoms with Gasteiger partial charge in [0.2, 0.25) is 5.90 Å². The Morgan fingerprint density at radius 2 is 2.04 bits per heavy atom. The summed E-state index contributed by atoms with van der Waals surface area (Å²) in [6.07, 6.45) is 1.59. The zero-order chi connectivity index (χ0) is 16.2. The predicted molar refractivity (Wildman–Crippen MR) is 84.8 cm³/mol. The maximum atomic E-state index is 12.0. The van der Waals surface area contributed by atoms with E-state index in [2.05, 4.69) is 11.1 Å². The highest BCUT2D eigenvalue weighted by Crippen LogP contribution is 2.21. The Hall–Kier alpha value is -3.39. The van der Waals surface area contributed by atoms with Gasteiger partial charge >= 0.3 is 5.97 Å². The van der Waals surface area contributed by atoms with Crippen LogP contribution in [0.15, 0.2) is 59.2 Å². The molecule has 1 aliphatic rings. The number of esters is 1. The van der Waals surface area contributed by atoms with Crippen molar-refractivity contribution in [3.05, 3.63) is 70.9 Å². The molecule has 0 radical (unpaired) electrons. The van der Waals surface area contributed by atoms with E-state index >= 15 is 0 Å². The van der Waals surface area contributed by atoms with Gasteiger partial charge in [0.25, 0.3) is 0 Å². The van der Waals surface area contributed by atoms with Gasteiger partial charge in [0.1, 0.15) is 5.75 Å². The molecule has 23 heavy (non-hydrogen) atoms. The largest absolute Gasteiger partial charge is 0.497 e. The highest BCUT2D eigenvalue weighted by molar-refractivity contribution is 6.12. The number of carbonyl (C=O) groups is 1. The summed E-state index contributed by atoms with van der Waals surface area (Å²) in [4.78, 5) is 16.2. The van der Waals surface area contributed by atoms with Crippen molar-refractivity contribution in [2.75, 3.05) is 7.11 Å². The van der Waals surface area contributed by atoms with Crippen LogP contribution in [0.5, 0.6) is 5.75 Å². The molecule has 5 heteroatoms. The minimum atomic E-state index is -0.523. The Morgan fingerprint density at radius 3 is 2.83 bits per heavy atom. The molecule has 1 aliphatic heterocycles. The second-order valence-electron chi connectivity index (χ2n) is 4.81. The van der Waals surface area contributed by atoms with Crippen molar-refractivity contribution < 1.29 is 14.3 Å². The maximum Gasteiger partial charge on any atom is 0.363 e. The quantitative estimate of drug-likeness (QED) is 0.645. The van der Waals surface area contributed by atoms with Crippen molar-refractivity contribution in [1.29, 1.82) is 5.26 Å². The fraction of sp³-hybridized carbons (Fsp3) is 0.0556. The number of hydrogen-bond donors (Lipinski definition) is 0. The van der Waals surface area contributed by atoms with Gasteiger partial charge in [-0.3, -0.25) is 0 Å². The molecule has 2 aromatic rings. The molecule has 3 rings (SSSR count). The molecule has 0 aliphatic carbocycles. The van der Waals surface area contributed by atoms with Gasteiger partial charge < -0.3 is 9.47 Å². The van der Waals surface area contributed by atoms with E-state index in [1.807, 2.05) is 0 Å². The molecule has 0 fully saturated rings. The molecular weight excluding hydrogens is 292 g/mol. The SMILES string of the molecule is COc1cccc(C2=N/C(=C/c3cccc(C#N)c3)C(=O)O2)c1. The second-order valence-corrected chi connectivity index (χ2v) is 4.81. The molecule has 0 bridgehead atoms. The van der Waals surface area contributed by atoms with Gasteiger partial charge in [-0.05, 0) is 42.0 Å². The Labute approximate surface area is 133 Å². The van der Waals surface area contributed by atoms with Crippen LogP contribution in [0.3, 0.4) is 0 Å². The minimum Gasteiger partial charge on any atom is -0.497 e. The lowest BCUT2D eigenvalue weighted by Gasteiger charge is -2.02. The van der Waals surface area contributed by atoms with Gasteiger partial charge in [-0.1, -0.05) is 18.2 Å². The average Bonchev–Trinajstić information content (AvgIpc) is 2.96. The Bertz CT molecular complexity index is 876. The smallest absolute Gasteiger partial charge is 0.363 e. The number of cyclic esters (lactones) is 1. The standard InChI is InChI=1S/C18H12N2O3/c1-22-15-7-3-6-14(10-15)17-20-16(18(21)23-17)9-12-4-2-5-13(8-12)11-19/h2-10H,1H3/b16-9+. The van der Waals surface area contributed by atoms with E-state index < -0.39 is 5.97 Å². The van der Waals surface area contributed by atoms with Crippen molar-refractivity contribution in [1.82, 2.24) is 0 Å². The zero-order valence-electron chi connectivity index (χ0n) is 12.3. The molecule has 112 valence electrons. The third kappa shape index (κ3) is 3.11. The van der Waals surface area contributed by atoms with Crippen LogP contribution in [0, 0.1) is 11.3 Å². The molecule has 0 aromatic heterocycles. The van der Waals surface area contributed by atoms with Crippen LogP contribution in [0.25, 0.3) is 6.08 Å². The lowest BCUT2D eigenvalue weighted by atomic mass is 10.1. The average molecular weight is 304 g/mol. The van der Waals surface area contributed by atoms with Crippen LogP contribution in [0.4, 0.5) is 0 Å². The first-order valence-corrected chi connectivity index (χ1v) is 6.87. The van der Waals surface area contributed by atoms with Crippen molar-refractivity contribution >= 4 is 17.9 Å². The molecule has 0 spiro atoms. The molecular formula is C18H12N2O3. The summed E-state index contributed by atoms with van der Waals surface area (Å²) in [6, 6.07) is 16.1. The van der Waals surface area contributed by atoms with Gasteiger partial charge in [-0.2, -0.15) is 5.26 Å². The van der Waals surface area contributed by atoms with Crippen LogP contribution < -0.4 is 4.74 Å². The first kappa shape index (κ1) is 14.5. The van der Waals surface area contributed by atoms with Crippen molar-refractivity contribution in [2.24, 2.45) is 4.99 Å². The number of methoxy groups -OCH3 is 1. The Morgan fingerprint density at radius 1 is 1.22 bits per heavy atom. The molecule has 1 heterocycles. The van der Waals surface area contributed by atoms with Gasteiger partial charge in [0, 0.05) is 5.56 Å². The van der Waals surface area contributed by atoms with Gasteiger partial charge in [-0.25, -0.2) is 9.79 Å². The zero-order valence-corrected chi connectivity index (χ0v) is 12.3. The topological polar surface area (TPSA) is 71.7 Å². The highest BCUT2D eigenvalue weighted by atomic mass is 16.6. The first-order valence-electron chi connectivity index (χ1n) is 6.87. The molecule has 2 aromatic carbocycles. The summed E-state index contributed by atoms with van der Waals surface area (Å²) in [5.74, 6) is 0.363. The Kier molecular flexibility index (Phi) is 3.89. The number of rotatable bonds is 3. The van der Waals surface area contributed by atoms with Gasteiger partial charge in [0.05, 0.1) is 18.7 Å². The van der Waals surface area contributed by atoms with Crippen molar-refractivity contribution in [3.63, 3.8) is 0 Å². The lowest BCUT2D eigenvalue weighted by molar-refractivity contribution is -0.129. The van der Waals surface area contributed by atoms with Crippen molar-refractivity contribution in [2.45, 2.75) is 0 Å². The van der Waals surface area contributed by atoms with E-state index in [4.69, 9.17) is 14.7 Å². The fourth-order valence-electron chi connectivity index (χ4n) is 2.14. The third-order valence-electron chi connectivity index (χ3n) is 3.26. The first-order chi connectivity index (χ1) is 11.2. The summed E-state index contributed by atoms with van der Waals surface area (Å²) >= 11 is 0. The van der Waals surface area contributed by atoms with E-state index in [0.29, 0.717) is 22.4 Å². The number of carbonyl (C=O) groups excluding carboxylic acids is 1. The molecule has 0 N–H and O–H groups in total. The van der Waals surface area contributed by atoms with E-state index in [1.165, 1.54) is 0 Å². The van der Waals surface area contributed by atoms with Crippen LogP contribution in [-0.4, -0.2) is 19.0 Å².